The van der Waals surface area contributed by atoms with E-state index in [1.54, 1.807) is 6.08 Å². The predicted molar refractivity (Wildman–Crippen MR) is 68.2 cm³/mol. The second-order valence-electron chi connectivity index (χ2n) is 3.97. The summed E-state index contributed by atoms with van der Waals surface area (Å²) in [6, 6.07) is 3.29. The van der Waals surface area contributed by atoms with Crippen molar-refractivity contribution < 1.29 is 18.3 Å². The van der Waals surface area contributed by atoms with Crippen molar-refractivity contribution in [3.63, 3.8) is 0 Å². The maximum atomic E-state index is 12.6. The van der Waals surface area contributed by atoms with E-state index in [1.165, 1.54) is 6.07 Å². The molecule has 0 spiro atoms. The van der Waals surface area contributed by atoms with Crippen molar-refractivity contribution in [2.45, 2.75) is 31.5 Å². The van der Waals surface area contributed by atoms with Crippen molar-refractivity contribution in [3.8, 4) is 0 Å². The van der Waals surface area contributed by atoms with E-state index in [9.17, 15) is 18.3 Å². The Hall–Kier alpha value is -0.810. The molecule has 1 rings (SSSR count). The zero-order valence-corrected chi connectivity index (χ0v) is 11.3. The number of aliphatic hydroxyl groups is 1. The van der Waals surface area contributed by atoms with Crippen LogP contribution in [0.2, 0.25) is 0 Å². The molecule has 0 saturated carbocycles. The fourth-order valence-corrected chi connectivity index (χ4v) is 2.10. The molecule has 0 radical (unpaired) electrons. The smallest absolute Gasteiger partial charge is 0.388 e. The van der Waals surface area contributed by atoms with Crippen molar-refractivity contribution >= 4 is 15.9 Å². The van der Waals surface area contributed by atoms with Gasteiger partial charge in [0.25, 0.3) is 0 Å². The van der Waals surface area contributed by atoms with Crippen LogP contribution in [0.15, 0.2) is 35.3 Å². The summed E-state index contributed by atoms with van der Waals surface area (Å²) in [5.74, 6) is 0. The fourth-order valence-electron chi connectivity index (χ4n) is 1.59. The normalized spacial score (nSPS) is 13.4. The average Bonchev–Trinajstić information content (AvgIpc) is 2.28. The van der Waals surface area contributed by atoms with Gasteiger partial charge in [0.05, 0.1) is 11.7 Å². The summed E-state index contributed by atoms with van der Waals surface area (Å²) in [6.45, 7) is 3.55. The lowest BCUT2D eigenvalue weighted by atomic mass is 10.0. The lowest BCUT2D eigenvalue weighted by molar-refractivity contribution is -0.137. The van der Waals surface area contributed by atoms with Gasteiger partial charge in [0.2, 0.25) is 0 Å². The molecule has 0 aliphatic heterocycles. The molecule has 1 unspecified atom stereocenters. The minimum absolute atomic E-state index is 0.272. The first kappa shape index (κ1) is 15.2. The number of alkyl halides is 3. The van der Waals surface area contributed by atoms with Crippen LogP contribution >= 0.6 is 15.9 Å². The van der Waals surface area contributed by atoms with Crippen LogP contribution in [0.4, 0.5) is 13.2 Å². The molecule has 0 amide bonds. The van der Waals surface area contributed by atoms with Gasteiger partial charge in [-0.05, 0) is 43.0 Å². The Morgan fingerprint density at radius 1 is 1.39 bits per heavy atom. The summed E-state index contributed by atoms with van der Waals surface area (Å²) in [4.78, 5) is 0. The summed E-state index contributed by atoms with van der Waals surface area (Å²) in [7, 11) is 0. The van der Waals surface area contributed by atoms with Crippen molar-refractivity contribution in [2.24, 2.45) is 0 Å². The van der Waals surface area contributed by atoms with Gasteiger partial charge in [-0.3, -0.25) is 0 Å². The molecule has 1 aromatic rings. The van der Waals surface area contributed by atoms with Gasteiger partial charge in [0.1, 0.15) is 0 Å². The van der Waals surface area contributed by atoms with E-state index >= 15 is 0 Å². The van der Waals surface area contributed by atoms with Gasteiger partial charge in [0, 0.05) is 4.47 Å². The molecule has 0 fully saturated rings. The highest BCUT2D eigenvalue weighted by molar-refractivity contribution is 9.10. The van der Waals surface area contributed by atoms with Crippen LogP contribution in [-0.4, -0.2) is 5.11 Å². The Morgan fingerprint density at radius 3 is 2.61 bits per heavy atom. The van der Waals surface area contributed by atoms with E-state index in [4.69, 9.17) is 0 Å². The summed E-state index contributed by atoms with van der Waals surface area (Å²) < 4.78 is 38.2. The Kier molecular flexibility index (Phi) is 5.41. The van der Waals surface area contributed by atoms with E-state index in [2.05, 4.69) is 22.5 Å². The highest BCUT2D eigenvalue weighted by Gasteiger charge is 2.31. The molecular weight excluding hydrogens is 309 g/mol. The van der Waals surface area contributed by atoms with Crippen molar-refractivity contribution in [2.75, 3.05) is 0 Å². The van der Waals surface area contributed by atoms with Gasteiger partial charge in [-0.25, -0.2) is 0 Å². The molecule has 100 valence electrons. The van der Waals surface area contributed by atoms with Gasteiger partial charge in [0.15, 0.2) is 0 Å². The first-order valence-electron chi connectivity index (χ1n) is 5.52. The predicted octanol–water partition coefficient (Wildman–Crippen LogP) is 4.86. The summed E-state index contributed by atoms with van der Waals surface area (Å²) >= 11 is 3.16. The molecule has 5 heteroatoms. The number of aliphatic hydroxyl groups excluding tert-OH is 1. The Morgan fingerprint density at radius 2 is 2.06 bits per heavy atom. The Balaban J connectivity index is 2.89. The topological polar surface area (TPSA) is 20.2 Å². The molecule has 0 aromatic heterocycles. The quantitative estimate of drug-likeness (QED) is 0.606. The third-order valence-corrected chi connectivity index (χ3v) is 3.29. The van der Waals surface area contributed by atoms with E-state index in [0.29, 0.717) is 17.3 Å². The van der Waals surface area contributed by atoms with Crippen LogP contribution in [0.25, 0.3) is 0 Å². The second-order valence-corrected chi connectivity index (χ2v) is 4.82. The third kappa shape index (κ3) is 4.14. The maximum Gasteiger partial charge on any atom is 0.416 e. The van der Waals surface area contributed by atoms with Crippen LogP contribution in [0, 0.1) is 0 Å². The molecule has 0 aliphatic rings. The van der Waals surface area contributed by atoms with E-state index in [1.807, 2.05) is 0 Å². The number of hydrogen-bond donors (Lipinski definition) is 1. The first-order valence-corrected chi connectivity index (χ1v) is 6.31. The number of unbranched alkanes of at least 4 members (excludes halogenated alkanes) is 1. The van der Waals surface area contributed by atoms with Crippen LogP contribution in [-0.2, 0) is 6.18 Å². The standard InChI is InChI=1S/C13H14BrF3O/c1-2-3-4-5-12(18)10-8-9(13(15,16)17)6-7-11(10)14/h2,6-8,12,18H,1,3-5H2. The average molecular weight is 323 g/mol. The van der Waals surface area contributed by atoms with Gasteiger partial charge in [-0.2, -0.15) is 13.2 Å². The maximum absolute atomic E-state index is 12.6. The van der Waals surface area contributed by atoms with Crippen molar-refractivity contribution in [3.05, 3.63) is 46.5 Å². The number of halogens is 4. The number of rotatable bonds is 5. The zero-order chi connectivity index (χ0) is 13.8. The monoisotopic (exact) mass is 322 g/mol. The molecule has 1 aromatic carbocycles. The van der Waals surface area contributed by atoms with Gasteiger partial charge >= 0.3 is 6.18 Å². The lowest BCUT2D eigenvalue weighted by Gasteiger charge is -2.15. The molecule has 0 heterocycles. The Labute approximate surface area is 112 Å². The van der Waals surface area contributed by atoms with Crippen LogP contribution in [0.1, 0.15) is 36.5 Å². The largest absolute Gasteiger partial charge is 0.416 e. The summed E-state index contributed by atoms with van der Waals surface area (Å²) in [6.07, 6.45) is -1.75. The Bertz CT molecular complexity index is 415. The molecule has 18 heavy (non-hydrogen) atoms. The van der Waals surface area contributed by atoms with Gasteiger partial charge in [-0.15, -0.1) is 6.58 Å². The minimum atomic E-state index is -4.39. The summed E-state index contributed by atoms with van der Waals surface area (Å²) in [5, 5.41) is 9.89. The number of hydrogen-bond acceptors (Lipinski definition) is 1. The lowest BCUT2D eigenvalue weighted by Crippen LogP contribution is -2.07. The highest BCUT2D eigenvalue weighted by Crippen LogP contribution is 2.35. The molecule has 1 N–H and O–H groups in total. The summed E-state index contributed by atoms with van der Waals surface area (Å²) in [5.41, 5.74) is -0.475. The molecular formula is C13H14BrF3O. The van der Waals surface area contributed by atoms with Crippen molar-refractivity contribution in [1.82, 2.24) is 0 Å². The second kappa shape index (κ2) is 6.38. The van der Waals surface area contributed by atoms with Crippen LogP contribution < -0.4 is 0 Å². The highest BCUT2D eigenvalue weighted by atomic mass is 79.9. The number of allylic oxidation sites excluding steroid dienone is 1. The van der Waals surface area contributed by atoms with E-state index in [-0.39, 0.29) is 5.56 Å². The molecule has 0 saturated heterocycles. The van der Waals surface area contributed by atoms with Crippen LogP contribution in [0.5, 0.6) is 0 Å². The van der Waals surface area contributed by atoms with Gasteiger partial charge < -0.3 is 5.11 Å². The third-order valence-electron chi connectivity index (χ3n) is 2.57. The first-order chi connectivity index (χ1) is 8.36. The molecule has 1 nitrogen and oxygen atoms in total. The molecule has 0 bridgehead atoms. The minimum Gasteiger partial charge on any atom is -0.388 e. The van der Waals surface area contributed by atoms with E-state index in [0.717, 1.165) is 18.6 Å². The van der Waals surface area contributed by atoms with Crippen molar-refractivity contribution in [1.29, 1.82) is 0 Å². The van der Waals surface area contributed by atoms with Crippen LogP contribution in [0.3, 0.4) is 0 Å². The molecule has 0 aliphatic carbocycles. The van der Waals surface area contributed by atoms with Gasteiger partial charge in [-0.1, -0.05) is 22.0 Å². The molecule has 1 atom stereocenters. The number of benzene rings is 1. The fraction of sp³-hybridized carbons (Fsp3) is 0.385. The SMILES string of the molecule is C=CCCCC(O)c1cc(C(F)(F)F)ccc1Br. The zero-order valence-electron chi connectivity index (χ0n) is 9.67. The van der Waals surface area contributed by atoms with E-state index < -0.39 is 17.8 Å².